The lowest BCUT2D eigenvalue weighted by Crippen LogP contribution is -2.32. The van der Waals surface area contributed by atoms with Gasteiger partial charge >= 0.3 is 0 Å². The number of fused-ring (bicyclic) bond motifs is 1. The lowest BCUT2D eigenvalue weighted by Gasteiger charge is -2.18. The van der Waals surface area contributed by atoms with E-state index in [0.717, 1.165) is 29.7 Å². The summed E-state index contributed by atoms with van der Waals surface area (Å²) in [6.07, 6.45) is 2.50. The highest BCUT2D eigenvalue weighted by Gasteiger charge is 2.33. The van der Waals surface area contributed by atoms with Gasteiger partial charge in [-0.15, -0.1) is 0 Å². The van der Waals surface area contributed by atoms with Crippen LogP contribution in [0.4, 0.5) is 4.39 Å². The van der Waals surface area contributed by atoms with Gasteiger partial charge in [0.1, 0.15) is 5.82 Å². The first-order chi connectivity index (χ1) is 14.8. The van der Waals surface area contributed by atoms with E-state index in [1.165, 1.54) is 19.2 Å². The van der Waals surface area contributed by atoms with Gasteiger partial charge in [-0.25, -0.2) is 4.39 Å². The number of hydrazine groups is 1. The summed E-state index contributed by atoms with van der Waals surface area (Å²) < 4.78 is 13.4. The monoisotopic (exact) mass is 424 g/mol. The Morgan fingerprint density at radius 2 is 1.90 bits per heavy atom. The SMILES string of the molecule is CN(CCCC1CC(c2cccc(F)c2)NN1)C(=O)c1ccc2c(c1)C(=O)N(C)C2=O. The number of carbonyl (C=O) groups excluding carboxylic acids is 3. The van der Waals surface area contributed by atoms with Crippen LogP contribution in [0, 0.1) is 5.82 Å². The van der Waals surface area contributed by atoms with Gasteiger partial charge in [0, 0.05) is 38.3 Å². The van der Waals surface area contributed by atoms with Crippen molar-refractivity contribution in [3.8, 4) is 0 Å². The molecule has 2 heterocycles. The molecule has 3 amide bonds. The van der Waals surface area contributed by atoms with Gasteiger partial charge in [0.25, 0.3) is 17.7 Å². The Morgan fingerprint density at radius 3 is 2.68 bits per heavy atom. The van der Waals surface area contributed by atoms with Crippen LogP contribution in [0.5, 0.6) is 0 Å². The molecular weight excluding hydrogens is 399 g/mol. The van der Waals surface area contributed by atoms with E-state index in [1.807, 2.05) is 6.07 Å². The van der Waals surface area contributed by atoms with Gasteiger partial charge in [-0.2, -0.15) is 0 Å². The lowest BCUT2D eigenvalue weighted by molar-refractivity contribution is 0.0692. The van der Waals surface area contributed by atoms with Crippen molar-refractivity contribution in [1.29, 1.82) is 0 Å². The second-order valence-corrected chi connectivity index (χ2v) is 8.13. The maximum absolute atomic E-state index is 13.4. The van der Waals surface area contributed by atoms with Crippen molar-refractivity contribution >= 4 is 17.7 Å². The van der Waals surface area contributed by atoms with Gasteiger partial charge in [0.15, 0.2) is 0 Å². The van der Waals surface area contributed by atoms with E-state index in [4.69, 9.17) is 0 Å². The van der Waals surface area contributed by atoms with Crippen molar-refractivity contribution in [2.75, 3.05) is 20.6 Å². The molecule has 162 valence electrons. The van der Waals surface area contributed by atoms with E-state index in [9.17, 15) is 18.8 Å². The summed E-state index contributed by atoms with van der Waals surface area (Å²) in [7, 11) is 3.16. The summed E-state index contributed by atoms with van der Waals surface area (Å²) in [6.45, 7) is 0.561. The van der Waals surface area contributed by atoms with Crippen LogP contribution >= 0.6 is 0 Å². The zero-order valence-corrected chi connectivity index (χ0v) is 17.5. The molecular formula is C23H25FN4O3. The maximum Gasteiger partial charge on any atom is 0.261 e. The number of amides is 3. The zero-order valence-electron chi connectivity index (χ0n) is 17.5. The number of benzene rings is 2. The van der Waals surface area contributed by atoms with Crippen LogP contribution in [0.15, 0.2) is 42.5 Å². The minimum absolute atomic E-state index is 0.0600. The number of halogens is 1. The first-order valence-corrected chi connectivity index (χ1v) is 10.3. The highest BCUT2D eigenvalue weighted by atomic mass is 19.1. The van der Waals surface area contributed by atoms with Gasteiger partial charge in [-0.1, -0.05) is 12.1 Å². The highest BCUT2D eigenvalue weighted by Crippen LogP contribution is 2.25. The Labute approximate surface area is 180 Å². The Kier molecular flexibility index (Phi) is 5.84. The Morgan fingerprint density at radius 1 is 1.13 bits per heavy atom. The maximum atomic E-state index is 13.4. The van der Waals surface area contributed by atoms with E-state index >= 15 is 0 Å². The summed E-state index contributed by atoms with van der Waals surface area (Å²) in [5.74, 6) is -1.16. The number of hydrogen-bond acceptors (Lipinski definition) is 5. The smallest absolute Gasteiger partial charge is 0.261 e. The van der Waals surface area contributed by atoms with E-state index in [2.05, 4.69) is 10.9 Å². The molecule has 0 bridgehead atoms. The largest absolute Gasteiger partial charge is 0.342 e. The Hall–Kier alpha value is -3.10. The normalized spacial score (nSPS) is 20.3. The second kappa shape index (κ2) is 8.56. The summed E-state index contributed by atoms with van der Waals surface area (Å²) in [4.78, 5) is 39.6. The predicted octanol–water partition coefficient (Wildman–Crippen LogP) is 2.51. The molecule has 0 aromatic heterocycles. The standard InChI is InChI=1S/C23H25FN4O3/c1-27(21(29)15-8-9-18-19(12-15)23(31)28(2)22(18)30)10-4-7-17-13-20(26-25-17)14-5-3-6-16(24)11-14/h3,5-6,8-9,11-12,17,20,25-26H,4,7,10,13H2,1-2H3. The van der Waals surface area contributed by atoms with E-state index in [-0.39, 0.29) is 41.2 Å². The number of imide groups is 1. The molecule has 2 aromatic carbocycles. The highest BCUT2D eigenvalue weighted by molar-refractivity contribution is 6.21. The predicted molar refractivity (Wildman–Crippen MR) is 113 cm³/mol. The third-order valence-corrected chi connectivity index (χ3v) is 5.96. The fraction of sp³-hybridized carbons (Fsp3) is 0.348. The number of rotatable bonds is 6. The van der Waals surface area contributed by atoms with Crippen molar-refractivity contribution in [1.82, 2.24) is 20.7 Å². The summed E-state index contributed by atoms with van der Waals surface area (Å²) in [5, 5.41) is 0. The molecule has 2 aromatic rings. The molecule has 1 fully saturated rings. The van der Waals surface area contributed by atoms with Crippen molar-refractivity contribution < 1.29 is 18.8 Å². The molecule has 2 atom stereocenters. The third kappa shape index (κ3) is 4.22. The van der Waals surface area contributed by atoms with E-state index < -0.39 is 0 Å². The average molecular weight is 424 g/mol. The lowest BCUT2D eigenvalue weighted by atomic mass is 9.99. The van der Waals surface area contributed by atoms with Gasteiger partial charge in [0.05, 0.1) is 11.1 Å². The molecule has 7 nitrogen and oxygen atoms in total. The van der Waals surface area contributed by atoms with Gasteiger partial charge < -0.3 is 4.90 Å². The number of hydrogen-bond donors (Lipinski definition) is 2. The number of nitrogens with zero attached hydrogens (tertiary/aromatic N) is 2. The van der Waals surface area contributed by atoms with Crippen LogP contribution in [-0.4, -0.2) is 54.2 Å². The molecule has 8 heteroatoms. The average Bonchev–Trinajstić information content (AvgIpc) is 3.32. The summed E-state index contributed by atoms with van der Waals surface area (Å²) >= 11 is 0. The molecule has 4 rings (SSSR count). The first kappa shape index (κ1) is 21.1. The molecule has 2 unspecified atom stereocenters. The van der Waals surface area contributed by atoms with Crippen LogP contribution in [0.25, 0.3) is 0 Å². The molecule has 0 radical (unpaired) electrons. The van der Waals surface area contributed by atoms with Gasteiger partial charge in [-0.3, -0.25) is 30.1 Å². The fourth-order valence-electron chi connectivity index (χ4n) is 4.14. The topological polar surface area (TPSA) is 81.8 Å². The van der Waals surface area contributed by atoms with Crippen LogP contribution in [0.3, 0.4) is 0 Å². The molecule has 2 aliphatic heterocycles. The second-order valence-electron chi connectivity index (χ2n) is 8.13. The van der Waals surface area contributed by atoms with Crippen molar-refractivity contribution in [3.05, 3.63) is 70.5 Å². The Balaban J connectivity index is 1.29. The molecule has 0 spiro atoms. The number of carbonyl (C=O) groups is 3. The summed E-state index contributed by atoms with van der Waals surface area (Å²) in [5.41, 5.74) is 8.38. The van der Waals surface area contributed by atoms with Crippen LogP contribution in [-0.2, 0) is 0 Å². The minimum Gasteiger partial charge on any atom is -0.342 e. The van der Waals surface area contributed by atoms with Gasteiger partial charge in [-0.05, 0) is 55.2 Å². The molecule has 0 aliphatic carbocycles. The third-order valence-electron chi connectivity index (χ3n) is 5.96. The molecule has 2 N–H and O–H groups in total. The molecule has 1 saturated heterocycles. The molecule has 31 heavy (non-hydrogen) atoms. The van der Waals surface area contributed by atoms with Crippen LogP contribution in [0.2, 0.25) is 0 Å². The number of nitrogens with one attached hydrogen (secondary N) is 2. The Bertz CT molecular complexity index is 1040. The van der Waals surface area contributed by atoms with Crippen LogP contribution < -0.4 is 10.9 Å². The molecule has 2 aliphatic rings. The zero-order chi connectivity index (χ0) is 22.1. The van der Waals surface area contributed by atoms with Crippen LogP contribution in [0.1, 0.15) is 61.9 Å². The van der Waals surface area contributed by atoms with Gasteiger partial charge in [0.2, 0.25) is 0 Å². The molecule has 0 saturated carbocycles. The minimum atomic E-state index is -0.384. The van der Waals surface area contributed by atoms with E-state index in [0.29, 0.717) is 17.7 Å². The summed E-state index contributed by atoms with van der Waals surface area (Å²) in [6, 6.07) is 11.5. The fourth-order valence-corrected chi connectivity index (χ4v) is 4.14. The van der Waals surface area contributed by atoms with E-state index in [1.54, 1.807) is 36.2 Å². The van der Waals surface area contributed by atoms with Crippen molar-refractivity contribution in [2.24, 2.45) is 0 Å². The first-order valence-electron chi connectivity index (χ1n) is 10.3. The quantitative estimate of drug-likeness (QED) is 0.697. The van der Waals surface area contributed by atoms with Crippen molar-refractivity contribution in [3.63, 3.8) is 0 Å². The van der Waals surface area contributed by atoms with Crippen molar-refractivity contribution in [2.45, 2.75) is 31.3 Å².